The van der Waals surface area contributed by atoms with Crippen molar-refractivity contribution in [3.8, 4) is 0 Å². The smallest absolute Gasteiger partial charge is 0.270 e. The van der Waals surface area contributed by atoms with E-state index in [4.69, 9.17) is 0 Å². The zero-order valence-electron chi connectivity index (χ0n) is 17.6. The molecule has 0 saturated carbocycles. The molecular formula is C24H27N5O2. The Labute approximate surface area is 180 Å². The van der Waals surface area contributed by atoms with Crippen molar-refractivity contribution < 1.29 is 4.79 Å². The molecule has 0 spiro atoms. The van der Waals surface area contributed by atoms with Crippen LogP contribution >= 0.6 is 0 Å². The number of carbonyl (C=O) groups excluding carboxylic acids is 1. The second-order valence-electron chi connectivity index (χ2n) is 9.32. The highest BCUT2D eigenvalue weighted by Crippen LogP contribution is 2.36. The van der Waals surface area contributed by atoms with E-state index in [1.165, 1.54) is 12.8 Å². The van der Waals surface area contributed by atoms with Crippen molar-refractivity contribution in [2.75, 3.05) is 26.2 Å². The number of aromatic amines is 1. The van der Waals surface area contributed by atoms with Crippen LogP contribution in [0.1, 0.15) is 46.9 Å². The zero-order chi connectivity index (χ0) is 20.9. The maximum atomic E-state index is 13.2. The molecule has 160 valence electrons. The summed E-state index contributed by atoms with van der Waals surface area (Å²) in [5.41, 5.74) is 3.49. The molecule has 6 heterocycles. The molecule has 1 amide bonds. The molecular weight excluding hydrogens is 390 g/mol. The van der Waals surface area contributed by atoms with E-state index in [1.807, 2.05) is 33.7 Å². The van der Waals surface area contributed by atoms with E-state index >= 15 is 0 Å². The predicted molar refractivity (Wildman–Crippen MR) is 118 cm³/mol. The summed E-state index contributed by atoms with van der Waals surface area (Å²) in [6.07, 6.45) is 5.23. The third kappa shape index (κ3) is 3.28. The number of aromatic nitrogens is 3. The summed E-state index contributed by atoms with van der Waals surface area (Å²) in [4.78, 5) is 38.2. The summed E-state index contributed by atoms with van der Waals surface area (Å²) in [7, 11) is 0. The van der Waals surface area contributed by atoms with Crippen LogP contribution in [0.15, 0.2) is 41.3 Å². The minimum absolute atomic E-state index is 0.0224. The molecule has 6 rings (SSSR count). The van der Waals surface area contributed by atoms with Crippen LogP contribution in [0, 0.1) is 5.92 Å². The maximum Gasteiger partial charge on any atom is 0.270 e. The van der Waals surface area contributed by atoms with Gasteiger partial charge in [0.15, 0.2) is 0 Å². The van der Waals surface area contributed by atoms with Gasteiger partial charge in [0.2, 0.25) is 0 Å². The van der Waals surface area contributed by atoms with Gasteiger partial charge in [0.05, 0.1) is 0 Å². The standard InChI is InChI=1S/C24H27N5O2/c30-23-18(14-27-8-1-2-9-27)5-6-21-19-10-16(13-29(21)23)12-28(15-19)24(31)20-11-17-4-3-7-25-22(17)26-20/h3-7,11,16,19H,1-2,8-10,12-15H2,(H,25,26)/t16-,19+/m0/s1. The summed E-state index contributed by atoms with van der Waals surface area (Å²) in [6.45, 7) is 4.99. The number of carbonyl (C=O) groups is 1. The average molecular weight is 418 g/mol. The normalized spacial score (nSPS) is 23.3. The van der Waals surface area contributed by atoms with Crippen molar-refractivity contribution in [3.63, 3.8) is 0 Å². The van der Waals surface area contributed by atoms with Crippen LogP contribution in [0.4, 0.5) is 0 Å². The van der Waals surface area contributed by atoms with E-state index < -0.39 is 0 Å². The summed E-state index contributed by atoms with van der Waals surface area (Å²) in [6, 6.07) is 9.88. The molecule has 3 aliphatic rings. The van der Waals surface area contributed by atoms with E-state index in [2.05, 4.69) is 20.9 Å². The molecule has 2 saturated heterocycles. The molecule has 3 aromatic heterocycles. The summed E-state index contributed by atoms with van der Waals surface area (Å²) < 4.78 is 2.00. The van der Waals surface area contributed by atoms with Crippen molar-refractivity contribution >= 4 is 16.9 Å². The third-order valence-electron chi connectivity index (χ3n) is 7.19. The van der Waals surface area contributed by atoms with Gasteiger partial charge >= 0.3 is 0 Å². The summed E-state index contributed by atoms with van der Waals surface area (Å²) in [5, 5.41) is 0.950. The molecule has 0 radical (unpaired) electrons. The number of likely N-dealkylation sites (tertiary alicyclic amines) is 2. The van der Waals surface area contributed by atoms with Crippen molar-refractivity contribution in [2.24, 2.45) is 5.92 Å². The minimum atomic E-state index is 0.0224. The van der Waals surface area contributed by atoms with Gasteiger partial charge in [-0.15, -0.1) is 0 Å². The average Bonchev–Trinajstić information content (AvgIpc) is 3.45. The highest BCUT2D eigenvalue weighted by Gasteiger charge is 2.37. The molecule has 7 heteroatoms. The van der Waals surface area contributed by atoms with Gasteiger partial charge < -0.3 is 14.5 Å². The fourth-order valence-corrected chi connectivity index (χ4v) is 5.70. The lowest BCUT2D eigenvalue weighted by Gasteiger charge is -2.42. The highest BCUT2D eigenvalue weighted by molar-refractivity contribution is 5.97. The molecule has 3 aromatic rings. The number of H-pyrrole nitrogens is 1. The lowest BCUT2D eigenvalue weighted by Crippen LogP contribution is -2.49. The topological polar surface area (TPSA) is 74.2 Å². The number of piperidine rings is 1. The van der Waals surface area contributed by atoms with Gasteiger partial charge in [-0.1, -0.05) is 6.07 Å². The number of rotatable bonds is 3. The first-order chi connectivity index (χ1) is 15.2. The Balaban J connectivity index is 1.25. The fourth-order valence-electron chi connectivity index (χ4n) is 5.70. The minimum Gasteiger partial charge on any atom is -0.336 e. The largest absolute Gasteiger partial charge is 0.336 e. The molecule has 2 bridgehead atoms. The Hall–Kier alpha value is -2.93. The molecule has 2 atom stereocenters. The van der Waals surface area contributed by atoms with Crippen LogP contribution in [0.5, 0.6) is 0 Å². The molecule has 31 heavy (non-hydrogen) atoms. The van der Waals surface area contributed by atoms with E-state index in [-0.39, 0.29) is 17.4 Å². The van der Waals surface area contributed by atoms with E-state index in [1.54, 1.807) is 6.20 Å². The van der Waals surface area contributed by atoms with Gasteiger partial charge in [-0.3, -0.25) is 14.5 Å². The van der Waals surface area contributed by atoms with Gasteiger partial charge in [-0.25, -0.2) is 4.98 Å². The Kier molecular flexibility index (Phi) is 4.45. The Morgan fingerprint density at radius 3 is 2.84 bits per heavy atom. The number of nitrogens with one attached hydrogen (secondary N) is 1. The van der Waals surface area contributed by atoms with Crippen LogP contribution in [-0.4, -0.2) is 56.4 Å². The second kappa shape index (κ2) is 7.34. The highest BCUT2D eigenvalue weighted by atomic mass is 16.2. The van der Waals surface area contributed by atoms with E-state index in [0.29, 0.717) is 31.2 Å². The maximum absolute atomic E-state index is 13.2. The van der Waals surface area contributed by atoms with Crippen LogP contribution in [-0.2, 0) is 13.1 Å². The lowest BCUT2D eigenvalue weighted by molar-refractivity contribution is 0.0589. The van der Waals surface area contributed by atoms with Gasteiger partial charge in [0, 0.05) is 54.9 Å². The van der Waals surface area contributed by atoms with Crippen molar-refractivity contribution in [3.05, 3.63) is 63.8 Å². The first-order valence-electron chi connectivity index (χ1n) is 11.3. The molecule has 2 fully saturated rings. The number of hydrogen-bond donors (Lipinski definition) is 1. The van der Waals surface area contributed by atoms with Crippen LogP contribution in [0.25, 0.3) is 11.0 Å². The SMILES string of the molecule is O=C(c1cc2cccnc2[nH]1)N1C[C@@H]2C[C@H](C1)c1ccc(CN3CCCC3)c(=O)n1C2. The molecule has 0 unspecified atom stereocenters. The third-order valence-corrected chi connectivity index (χ3v) is 7.19. The van der Waals surface area contributed by atoms with Crippen molar-refractivity contribution in [1.29, 1.82) is 0 Å². The molecule has 1 N–H and O–H groups in total. The van der Waals surface area contributed by atoms with E-state index in [0.717, 1.165) is 48.3 Å². The van der Waals surface area contributed by atoms with Crippen LogP contribution < -0.4 is 5.56 Å². The van der Waals surface area contributed by atoms with Crippen molar-refractivity contribution in [1.82, 2.24) is 24.3 Å². The zero-order valence-corrected chi connectivity index (χ0v) is 17.6. The number of amides is 1. The van der Waals surface area contributed by atoms with Gasteiger partial charge in [0.1, 0.15) is 11.3 Å². The molecule has 3 aliphatic heterocycles. The number of pyridine rings is 2. The second-order valence-corrected chi connectivity index (χ2v) is 9.32. The first kappa shape index (κ1) is 18.8. The van der Waals surface area contributed by atoms with Crippen LogP contribution in [0.2, 0.25) is 0 Å². The van der Waals surface area contributed by atoms with Crippen molar-refractivity contribution in [2.45, 2.75) is 38.3 Å². The Morgan fingerprint density at radius 2 is 2.00 bits per heavy atom. The quantitative estimate of drug-likeness (QED) is 0.711. The number of hydrogen-bond acceptors (Lipinski definition) is 4. The fraction of sp³-hybridized carbons (Fsp3) is 0.458. The molecule has 7 nitrogen and oxygen atoms in total. The monoisotopic (exact) mass is 417 g/mol. The summed E-state index contributed by atoms with van der Waals surface area (Å²) in [5.74, 6) is 0.555. The summed E-state index contributed by atoms with van der Waals surface area (Å²) >= 11 is 0. The Bertz CT molecular complexity index is 1170. The van der Waals surface area contributed by atoms with Gasteiger partial charge in [-0.05, 0) is 62.5 Å². The molecule has 0 aliphatic carbocycles. The predicted octanol–water partition coefficient (Wildman–Crippen LogP) is 2.58. The van der Waals surface area contributed by atoms with Gasteiger partial charge in [0.25, 0.3) is 11.5 Å². The van der Waals surface area contributed by atoms with Gasteiger partial charge in [-0.2, -0.15) is 0 Å². The lowest BCUT2D eigenvalue weighted by atomic mass is 9.83. The van der Waals surface area contributed by atoms with E-state index in [9.17, 15) is 9.59 Å². The molecule has 0 aromatic carbocycles. The number of nitrogens with zero attached hydrogens (tertiary/aromatic N) is 4. The Morgan fingerprint density at radius 1 is 1.13 bits per heavy atom. The van der Waals surface area contributed by atoms with Crippen LogP contribution in [0.3, 0.4) is 0 Å². The first-order valence-corrected chi connectivity index (χ1v) is 11.3. The number of fused-ring (bicyclic) bond motifs is 5.